The van der Waals surface area contributed by atoms with Gasteiger partial charge in [-0.2, -0.15) is 0 Å². The van der Waals surface area contributed by atoms with Gasteiger partial charge in [0.2, 0.25) is 0 Å². The minimum atomic E-state index is -0.0435. The standard InChI is InChI=1S/C14H9NO2/c16-8-9-5-6-13-11(7-9)14(17)10-3-1-2-4-12(10)15-13/h1-8H,(H,15,17). The molecule has 0 unspecified atom stereocenters. The summed E-state index contributed by atoms with van der Waals surface area (Å²) in [4.78, 5) is 26.1. The molecule has 0 spiro atoms. The molecule has 0 saturated heterocycles. The van der Waals surface area contributed by atoms with Crippen molar-refractivity contribution in [3.05, 3.63) is 58.3 Å². The number of benzene rings is 2. The molecule has 0 aliphatic rings. The van der Waals surface area contributed by atoms with Crippen LogP contribution in [0.3, 0.4) is 0 Å². The van der Waals surface area contributed by atoms with E-state index >= 15 is 0 Å². The van der Waals surface area contributed by atoms with Crippen molar-refractivity contribution in [3.63, 3.8) is 0 Å². The SMILES string of the molecule is O=Cc1ccc2[nH]c3ccccc3c(=O)c2c1. The van der Waals surface area contributed by atoms with Gasteiger partial charge in [-0.15, -0.1) is 0 Å². The van der Waals surface area contributed by atoms with Gasteiger partial charge in [-0.3, -0.25) is 9.59 Å². The maximum Gasteiger partial charge on any atom is 0.197 e. The average Bonchev–Trinajstić information content (AvgIpc) is 2.39. The van der Waals surface area contributed by atoms with Gasteiger partial charge in [-0.25, -0.2) is 0 Å². The number of aromatic amines is 1. The number of nitrogens with one attached hydrogen (secondary N) is 1. The first-order chi connectivity index (χ1) is 8.29. The number of rotatable bonds is 1. The quantitative estimate of drug-likeness (QED) is 0.509. The van der Waals surface area contributed by atoms with Crippen LogP contribution in [0, 0.1) is 0 Å². The highest BCUT2D eigenvalue weighted by atomic mass is 16.1. The second-order valence-electron chi connectivity index (χ2n) is 3.92. The van der Waals surface area contributed by atoms with E-state index in [2.05, 4.69) is 4.98 Å². The zero-order valence-electron chi connectivity index (χ0n) is 8.94. The van der Waals surface area contributed by atoms with Gasteiger partial charge in [0, 0.05) is 27.4 Å². The summed E-state index contributed by atoms with van der Waals surface area (Å²) in [6, 6.07) is 12.4. The minimum Gasteiger partial charge on any atom is -0.354 e. The molecule has 0 aliphatic heterocycles. The maximum absolute atomic E-state index is 12.2. The molecule has 1 aromatic heterocycles. The highest BCUT2D eigenvalue weighted by Crippen LogP contribution is 2.15. The lowest BCUT2D eigenvalue weighted by Crippen LogP contribution is -2.04. The summed E-state index contributed by atoms with van der Waals surface area (Å²) >= 11 is 0. The highest BCUT2D eigenvalue weighted by molar-refractivity contribution is 5.94. The Labute approximate surface area is 96.7 Å². The molecular weight excluding hydrogens is 214 g/mol. The van der Waals surface area contributed by atoms with Crippen LogP contribution in [0.25, 0.3) is 21.8 Å². The number of carbonyl (C=O) groups is 1. The van der Waals surface area contributed by atoms with E-state index in [0.717, 1.165) is 17.3 Å². The van der Waals surface area contributed by atoms with Crippen LogP contribution in [0.4, 0.5) is 0 Å². The third-order valence-corrected chi connectivity index (χ3v) is 2.87. The third-order valence-electron chi connectivity index (χ3n) is 2.87. The number of fused-ring (bicyclic) bond motifs is 2. The van der Waals surface area contributed by atoms with Crippen LogP contribution in [0.15, 0.2) is 47.3 Å². The summed E-state index contributed by atoms with van der Waals surface area (Å²) in [5.41, 5.74) is 2.03. The number of para-hydroxylation sites is 1. The monoisotopic (exact) mass is 223 g/mol. The van der Waals surface area contributed by atoms with Gasteiger partial charge >= 0.3 is 0 Å². The molecule has 3 heteroatoms. The summed E-state index contributed by atoms with van der Waals surface area (Å²) in [6.45, 7) is 0. The molecule has 0 bridgehead atoms. The van der Waals surface area contributed by atoms with Gasteiger partial charge in [0.05, 0.1) is 0 Å². The van der Waals surface area contributed by atoms with Crippen molar-refractivity contribution >= 4 is 28.1 Å². The first kappa shape index (κ1) is 9.78. The van der Waals surface area contributed by atoms with Crippen molar-refractivity contribution in [2.75, 3.05) is 0 Å². The van der Waals surface area contributed by atoms with E-state index in [1.807, 2.05) is 18.2 Å². The van der Waals surface area contributed by atoms with Crippen LogP contribution < -0.4 is 5.43 Å². The fourth-order valence-corrected chi connectivity index (χ4v) is 2.01. The van der Waals surface area contributed by atoms with Crippen LogP contribution in [0.2, 0.25) is 0 Å². The predicted molar refractivity (Wildman–Crippen MR) is 67.5 cm³/mol. The molecule has 1 heterocycles. The second kappa shape index (κ2) is 3.56. The zero-order chi connectivity index (χ0) is 11.8. The highest BCUT2D eigenvalue weighted by Gasteiger charge is 2.05. The van der Waals surface area contributed by atoms with Crippen LogP contribution in [-0.4, -0.2) is 11.3 Å². The van der Waals surface area contributed by atoms with E-state index < -0.39 is 0 Å². The molecule has 82 valence electrons. The molecule has 0 amide bonds. The molecule has 0 saturated carbocycles. The fraction of sp³-hybridized carbons (Fsp3) is 0. The van der Waals surface area contributed by atoms with E-state index in [9.17, 15) is 9.59 Å². The van der Waals surface area contributed by atoms with Crippen LogP contribution in [-0.2, 0) is 0 Å². The van der Waals surface area contributed by atoms with Crippen LogP contribution in [0.1, 0.15) is 10.4 Å². The summed E-state index contributed by atoms with van der Waals surface area (Å²) < 4.78 is 0. The van der Waals surface area contributed by atoms with Gasteiger partial charge in [0.15, 0.2) is 5.43 Å². The van der Waals surface area contributed by atoms with E-state index in [1.165, 1.54) is 0 Å². The second-order valence-corrected chi connectivity index (χ2v) is 3.92. The molecule has 0 radical (unpaired) electrons. The smallest absolute Gasteiger partial charge is 0.197 e. The molecule has 2 aromatic carbocycles. The summed E-state index contributed by atoms with van der Waals surface area (Å²) in [5, 5.41) is 1.19. The Morgan fingerprint density at radius 2 is 1.71 bits per heavy atom. The zero-order valence-corrected chi connectivity index (χ0v) is 8.94. The Morgan fingerprint density at radius 1 is 0.941 bits per heavy atom. The molecule has 0 atom stereocenters. The number of H-pyrrole nitrogens is 1. The number of carbonyl (C=O) groups excluding carboxylic acids is 1. The van der Waals surface area contributed by atoms with Crippen LogP contribution in [0.5, 0.6) is 0 Å². The van der Waals surface area contributed by atoms with Crippen molar-refractivity contribution in [1.29, 1.82) is 0 Å². The minimum absolute atomic E-state index is 0.0435. The molecule has 3 rings (SSSR count). The fourth-order valence-electron chi connectivity index (χ4n) is 2.01. The number of hydrogen-bond acceptors (Lipinski definition) is 2. The first-order valence-electron chi connectivity index (χ1n) is 5.29. The van der Waals surface area contributed by atoms with E-state index in [4.69, 9.17) is 0 Å². The molecule has 3 aromatic rings. The third kappa shape index (κ3) is 1.44. The van der Waals surface area contributed by atoms with Crippen molar-refractivity contribution in [1.82, 2.24) is 4.98 Å². The van der Waals surface area contributed by atoms with Crippen LogP contribution >= 0.6 is 0 Å². The molecule has 0 aliphatic carbocycles. The van der Waals surface area contributed by atoms with Gasteiger partial charge in [0.1, 0.15) is 6.29 Å². The van der Waals surface area contributed by atoms with Crippen molar-refractivity contribution < 1.29 is 4.79 Å². The Kier molecular flexibility index (Phi) is 2.05. The summed E-state index contributed by atoms with van der Waals surface area (Å²) in [6.07, 6.45) is 0.744. The molecule has 1 N–H and O–H groups in total. The maximum atomic E-state index is 12.2. The van der Waals surface area contributed by atoms with Gasteiger partial charge in [0.25, 0.3) is 0 Å². The van der Waals surface area contributed by atoms with Gasteiger partial charge in [-0.05, 0) is 30.3 Å². The van der Waals surface area contributed by atoms with E-state index in [1.54, 1.807) is 24.3 Å². The summed E-state index contributed by atoms with van der Waals surface area (Å²) in [5.74, 6) is 0. The predicted octanol–water partition coefficient (Wildman–Crippen LogP) is 2.49. The first-order valence-corrected chi connectivity index (χ1v) is 5.29. The Bertz CT molecular complexity index is 787. The van der Waals surface area contributed by atoms with E-state index in [0.29, 0.717) is 16.3 Å². The van der Waals surface area contributed by atoms with Gasteiger partial charge < -0.3 is 4.98 Å². The van der Waals surface area contributed by atoms with Crippen molar-refractivity contribution in [3.8, 4) is 0 Å². The number of pyridine rings is 1. The normalized spacial score (nSPS) is 10.8. The molecule has 0 fully saturated rings. The topological polar surface area (TPSA) is 49.9 Å². The van der Waals surface area contributed by atoms with Crippen molar-refractivity contribution in [2.45, 2.75) is 0 Å². The number of aldehydes is 1. The largest absolute Gasteiger partial charge is 0.354 e. The Morgan fingerprint density at radius 3 is 2.53 bits per heavy atom. The number of hydrogen-bond donors (Lipinski definition) is 1. The average molecular weight is 223 g/mol. The van der Waals surface area contributed by atoms with Crippen molar-refractivity contribution in [2.24, 2.45) is 0 Å². The lowest BCUT2D eigenvalue weighted by molar-refractivity contribution is 0.112. The summed E-state index contributed by atoms with van der Waals surface area (Å²) in [7, 11) is 0. The van der Waals surface area contributed by atoms with Gasteiger partial charge in [-0.1, -0.05) is 12.1 Å². The lowest BCUT2D eigenvalue weighted by atomic mass is 10.1. The molecule has 17 heavy (non-hydrogen) atoms. The Hall–Kier alpha value is -2.42. The lowest BCUT2D eigenvalue weighted by Gasteiger charge is -2.02. The number of aromatic nitrogens is 1. The Balaban J connectivity index is 2.55. The molecular formula is C14H9NO2. The molecule has 3 nitrogen and oxygen atoms in total. The van der Waals surface area contributed by atoms with E-state index in [-0.39, 0.29) is 5.43 Å².